The van der Waals surface area contributed by atoms with E-state index < -0.39 is 23.7 Å². The Kier molecular flexibility index (Phi) is 9.95. The van der Waals surface area contributed by atoms with Gasteiger partial charge in [0.2, 0.25) is 0 Å². The summed E-state index contributed by atoms with van der Waals surface area (Å²) in [4.78, 5) is 40.5. The van der Waals surface area contributed by atoms with E-state index in [-0.39, 0.29) is 17.9 Å². The maximum atomic E-state index is 13.4. The Morgan fingerprint density at radius 3 is 2.24 bits per heavy atom. The maximum Gasteiger partial charge on any atom is 0.338 e. The summed E-state index contributed by atoms with van der Waals surface area (Å²) in [5.74, 6) is -1.40. The number of nitrogens with zero attached hydrogens (tertiary/aromatic N) is 1. The second-order valence-corrected chi connectivity index (χ2v) is 10.3. The Bertz CT molecular complexity index is 1410. The predicted octanol–water partition coefficient (Wildman–Crippen LogP) is 6.75. The largest absolute Gasteiger partial charge is 0.507 e. The van der Waals surface area contributed by atoms with Crippen molar-refractivity contribution in [3.8, 4) is 5.75 Å². The van der Waals surface area contributed by atoms with E-state index in [0.29, 0.717) is 30.1 Å². The van der Waals surface area contributed by atoms with Gasteiger partial charge in [0.1, 0.15) is 11.5 Å². The lowest BCUT2D eigenvalue weighted by molar-refractivity contribution is -0.140. The van der Waals surface area contributed by atoms with E-state index in [1.807, 2.05) is 38.1 Å². The van der Waals surface area contributed by atoms with Crippen LogP contribution in [-0.4, -0.2) is 40.9 Å². The molecule has 0 saturated carbocycles. The van der Waals surface area contributed by atoms with E-state index in [9.17, 15) is 19.5 Å². The van der Waals surface area contributed by atoms with Crippen LogP contribution >= 0.6 is 0 Å². The minimum Gasteiger partial charge on any atom is -0.507 e. The van der Waals surface area contributed by atoms with Crippen molar-refractivity contribution < 1.29 is 29.0 Å². The highest BCUT2D eigenvalue weighted by Crippen LogP contribution is 2.40. The average Bonchev–Trinajstić information content (AvgIpc) is 3.23. The molecule has 1 amide bonds. The lowest BCUT2D eigenvalue weighted by atomic mass is 9.94. The summed E-state index contributed by atoms with van der Waals surface area (Å²) in [6.45, 7) is 7.07. The molecule has 0 radical (unpaired) electrons. The van der Waals surface area contributed by atoms with Crippen molar-refractivity contribution in [2.75, 3.05) is 13.2 Å². The van der Waals surface area contributed by atoms with Crippen LogP contribution in [0.3, 0.4) is 0 Å². The molecule has 1 N–H and O–H groups in total. The molecule has 1 aliphatic heterocycles. The molecule has 7 heteroatoms. The van der Waals surface area contributed by atoms with Gasteiger partial charge >= 0.3 is 5.97 Å². The lowest BCUT2D eigenvalue weighted by Crippen LogP contribution is -2.29. The fourth-order valence-corrected chi connectivity index (χ4v) is 4.86. The summed E-state index contributed by atoms with van der Waals surface area (Å²) in [6, 6.07) is 20.5. The van der Waals surface area contributed by atoms with Crippen molar-refractivity contribution in [2.45, 2.75) is 59.0 Å². The third kappa shape index (κ3) is 7.04. The lowest BCUT2D eigenvalue weighted by Gasteiger charge is -2.26. The van der Waals surface area contributed by atoms with Gasteiger partial charge in [-0.25, -0.2) is 4.79 Å². The topological polar surface area (TPSA) is 93.1 Å². The zero-order chi connectivity index (χ0) is 29.4. The fraction of sp³-hybridized carbons (Fsp3) is 0.324. The Morgan fingerprint density at radius 2 is 1.59 bits per heavy atom. The van der Waals surface area contributed by atoms with Crippen molar-refractivity contribution in [1.29, 1.82) is 0 Å². The van der Waals surface area contributed by atoms with E-state index >= 15 is 0 Å². The highest BCUT2D eigenvalue weighted by molar-refractivity contribution is 6.46. The molecular formula is C34H37NO6. The molecule has 7 nitrogen and oxygen atoms in total. The van der Waals surface area contributed by atoms with Gasteiger partial charge in [-0.2, -0.15) is 0 Å². The molecule has 1 unspecified atom stereocenters. The molecule has 1 saturated heterocycles. The van der Waals surface area contributed by atoms with Gasteiger partial charge in [0.25, 0.3) is 11.7 Å². The molecular weight excluding hydrogens is 518 g/mol. The first-order valence-electron chi connectivity index (χ1n) is 14.2. The van der Waals surface area contributed by atoms with Crippen molar-refractivity contribution in [2.24, 2.45) is 0 Å². The van der Waals surface area contributed by atoms with Crippen LogP contribution in [0, 0.1) is 6.92 Å². The SMILES string of the molecule is CCCCCOc1ccc(/C(O)=C2\C(=O)C(=O)N(Cc3ccc(C(=O)OCCC)cc3)C2c2cccc(C)c2)cc1. The number of amides is 1. The highest BCUT2D eigenvalue weighted by Gasteiger charge is 2.46. The number of hydrogen-bond donors (Lipinski definition) is 1. The van der Waals surface area contributed by atoms with Crippen LogP contribution in [0.15, 0.2) is 78.4 Å². The van der Waals surface area contributed by atoms with Gasteiger partial charge in [0.15, 0.2) is 0 Å². The molecule has 3 aromatic carbocycles. The van der Waals surface area contributed by atoms with Gasteiger partial charge in [-0.15, -0.1) is 0 Å². The number of aliphatic hydroxyl groups excluding tert-OH is 1. The number of aliphatic hydroxyl groups is 1. The van der Waals surface area contributed by atoms with Crippen molar-refractivity contribution >= 4 is 23.4 Å². The normalized spacial score (nSPS) is 16.2. The molecule has 0 aliphatic carbocycles. The van der Waals surface area contributed by atoms with E-state index in [1.165, 1.54) is 4.90 Å². The second kappa shape index (κ2) is 13.8. The minimum atomic E-state index is -0.783. The number of rotatable bonds is 12. The number of ether oxygens (including phenoxy) is 2. The highest BCUT2D eigenvalue weighted by atomic mass is 16.5. The third-order valence-corrected chi connectivity index (χ3v) is 7.02. The molecule has 1 atom stereocenters. The zero-order valence-corrected chi connectivity index (χ0v) is 23.9. The number of hydrogen-bond acceptors (Lipinski definition) is 6. The molecule has 41 heavy (non-hydrogen) atoms. The Morgan fingerprint density at radius 1 is 0.878 bits per heavy atom. The summed E-state index contributed by atoms with van der Waals surface area (Å²) in [6.07, 6.45) is 3.89. The second-order valence-electron chi connectivity index (χ2n) is 10.3. The minimum absolute atomic E-state index is 0.0389. The number of ketones is 1. The predicted molar refractivity (Wildman–Crippen MR) is 158 cm³/mol. The number of benzene rings is 3. The fourth-order valence-electron chi connectivity index (χ4n) is 4.86. The van der Waals surface area contributed by atoms with E-state index in [0.717, 1.165) is 42.4 Å². The van der Waals surface area contributed by atoms with Gasteiger partial charge in [-0.05, 0) is 67.3 Å². The summed E-state index contributed by atoms with van der Waals surface area (Å²) < 4.78 is 11.0. The first-order valence-corrected chi connectivity index (χ1v) is 14.2. The smallest absolute Gasteiger partial charge is 0.338 e. The van der Waals surface area contributed by atoms with E-state index in [1.54, 1.807) is 48.5 Å². The van der Waals surface area contributed by atoms with Gasteiger partial charge in [0, 0.05) is 12.1 Å². The van der Waals surface area contributed by atoms with Crippen LogP contribution in [0.25, 0.3) is 5.76 Å². The molecule has 0 aromatic heterocycles. The Hall–Kier alpha value is -4.39. The first-order chi connectivity index (χ1) is 19.8. The number of carbonyl (C=O) groups excluding carboxylic acids is 3. The maximum absolute atomic E-state index is 13.4. The third-order valence-electron chi connectivity index (χ3n) is 7.02. The Balaban J connectivity index is 1.65. The van der Waals surface area contributed by atoms with Crippen molar-refractivity contribution in [1.82, 2.24) is 4.90 Å². The van der Waals surface area contributed by atoms with E-state index in [4.69, 9.17) is 9.47 Å². The van der Waals surface area contributed by atoms with E-state index in [2.05, 4.69) is 6.92 Å². The van der Waals surface area contributed by atoms with Gasteiger partial charge in [0.05, 0.1) is 30.4 Å². The molecule has 0 bridgehead atoms. The van der Waals surface area contributed by atoms with Gasteiger partial charge < -0.3 is 19.5 Å². The molecule has 3 aromatic rings. The van der Waals surface area contributed by atoms with Gasteiger partial charge in [-0.3, -0.25) is 9.59 Å². The van der Waals surface area contributed by atoms with Crippen LogP contribution in [0.4, 0.5) is 0 Å². The standard InChI is InChI=1S/C34H37NO6/c1-4-6-7-20-40-28-17-15-25(16-18-28)31(36)29-30(27-10-8-9-23(3)21-27)35(33(38)32(29)37)22-24-11-13-26(14-12-24)34(39)41-19-5-2/h8-18,21,30,36H,4-7,19-20,22H2,1-3H3/b31-29+. The number of Topliss-reactive ketones (excluding diaryl/α,β-unsaturated/α-hetero) is 1. The summed E-state index contributed by atoms with van der Waals surface area (Å²) in [5, 5.41) is 11.4. The zero-order valence-electron chi connectivity index (χ0n) is 23.9. The summed E-state index contributed by atoms with van der Waals surface area (Å²) in [7, 11) is 0. The molecule has 1 fully saturated rings. The summed E-state index contributed by atoms with van der Waals surface area (Å²) in [5.41, 5.74) is 3.31. The number of likely N-dealkylation sites (tertiary alicyclic amines) is 1. The molecule has 1 aliphatic rings. The van der Waals surface area contributed by atoms with Crippen LogP contribution in [-0.2, 0) is 20.9 Å². The molecule has 0 spiro atoms. The van der Waals surface area contributed by atoms with Gasteiger partial charge in [-0.1, -0.05) is 68.7 Å². The molecule has 214 valence electrons. The van der Waals surface area contributed by atoms with Crippen LogP contribution in [0.5, 0.6) is 5.75 Å². The van der Waals surface area contributed by atoms with Crippen molar-refractivity contribution in [3.05, 3.63) is 106 Å². The Labute approximate surface area is 241 Å². The quantitative estimate of drug-likeness (QED) is 0.0873. The number of carbonyl (C=O) groups is 3. The molecule has 4 rings (SSSR count). The number of esters is 1. The van der Waals surface area contributed by atoms with Crippen LogP contribution in [0.1, 0.15) is 78.2 Å². The van der Waals surface area contributed by atoms with Crippen molar-refractivity contribution in [3.63, 3.8) is 0 Å². The van der Waals surface area contributed by atoms with Crippen LogP contribution in [0.2, 0.25) is 0 Å². The number of unbranched alkanes of at least 4 members (excludes halogenated alkanes) is 2. The molecule has 1 heterocycles. The first kappa shape index (κ1) is 29.6. The average molecular weight is 556 g/mol. The monoisotopic (exact) mass is 555 g/mol. The van der Waals surface area contributed by atoms with Crippen LogP contribution < -0.4 is 4.74 Å². The summed E-state index contributed by atoms with van der Waals surface area (Å²) >= 11 is 0. The number of aryl methyl sites for hydroxylation is 1.